The lowest BCUT2D eigenvalue weighted by atomic mass is 9.82. The SMILES string of the molecule is CC1(C)c2ccccc2-c2c(-c3ccc(N(c4ccc(-c5cccc6oc7ccccc7c56)cc4)c4ccc(-c5cccc6oc7ccccc7c56)cc4)cc3)cccc21. The number of hydrogen-bond acceptors (Lipinski definition) is 3. The molecule has 1 aliphatic rings. The molecular formula is C57H39NO2. The minimum atomic E-state index is -0.0521. The van der Waals surface area contributed by atoms with E-state index in [0.717, 1.165) is 83.2 Å². The summed E-state index contributed by atoms with van der Waals surface area (Å²) in [6.45, 7) is 4.68. The van der Waals surface area contributed by atoms with Crippen molar-refractivity contribution in [2.24, 2.45) is 0 Å². The van der Waals surface area contributed by atoms with Gasteiger partial charge < -0.3 is 13.7 Å². The van der Waals surface area contributed by atoms with Crippen molar-refractivity contribution in [2.45, 2.75) is 19.3 Å². The fourth-order valence-corrected chi connectivity index (χ4v) is 9.84. The summed E-state index contributed by atoms with van der Waals surface area (Å²) in [4.78, 5) is 2.35. The zero-order chi connectivity index (χ0) is 40.0. The molecule has 0 saturated heterocycles. The Bertz CT molecular complexity index is 3280. The summed E-state index contributed by atoms with van der Waals surface area (Å²) in [6.07, 6.45) is 0. The van der Waals surface area contributed by atoms with Gasteiger partial charge in [-0.05, 0) is 116 Å². The number of para-hydroxylation sites is 2. The molecule has 1 aliphatic carbocycles. The van der Waals surface area contributed by atoms with Crippen LogP contribution in [0.1, 0.15) is 25.0 Å². The molecule has 0 radical (unpaired) electrons. The van der Waals surface area contributed by atoms with E-state index in [2.05, 4.69) is 195 Å². The van der Waals surface area contributed by atoms with E-state index in [1.54, 1.807) is 0 Å². The highest BCUT2D eigenvalue weighted by Gasteiger charge is 2.36. The van der Waals surface area contributed by atoms with Crippen molar-refractivity contribution in [1.29, 1.82) is 0 Å². The van der Waals surface area contributed by atoms with Gasteiger partial charge in [0.05, 0.1) is 0 Å². The maximum Gasteiger partial charge on any atom is 0.136 e. The number of benzene rings is 9. The van der Waals surface area contributed by atoms with E-state index in [-0.39, 0.29) is 5.41 Å². The van der Waals surface area contributed by atoms with E-state index in [0.29, 0.717) is 0 Å². The standard InChI is InChI=1S/C57H39NO2/c1-57(2)48-18-6-3-12-45(48)54-42(15-9-19-49(54)57)36-24-30-39(31-25-36)58(40-32-26-37(27-33-40)43-16-10-22-52-55(43)46-13-4-7-20-50(46)59-52)41-34-28-38(29-35-41)44-17-11-23-53-56(44)47-14-5-8-21-51(47)60-53/h3-35H,1-2H3. The Morgan fingerprint density at radius 2 is 0.717 bits per heavy atom. The van der Waals surface area contributed by atoms with Gasteiger partial charge in [-0.15, -0.1) is 0 Å². The first-order chi connectivity index (χ1) is 29.5. The number of anilines is 3. The Hall–Kier alpha value is -7.62. The molecule has 2 aromatic heterocycles. The molecule has 0 N–H and O–H groups in total. The Balaban J connectivity index is 0.969. The van der Waals surface area contributed by atoms with Crippen LogP contribution in [0, 0.1) is 0 Å². The first-order valence-corrected chi connectivity index (χ1v) is 20.7. The lowest BCUT2D eigenvalue weighted by molar-refractivity contribution is 0.660. The van der Waals surface area contributed by atoms with Crippen LogP contribution in [0.25, 0.3) is 88.4 Å². The molecular weight excluding hydrogens is 731 g/mol. The lowest BCUT2D eigenvalue weighted by Crippen LogP contribution is -2.14. The molecule has 11 aromatic rings. The van der Waals surface area contributed by atoms with Crippen LogP contribution < -0.4 is 4.90 Å². The third kappa shape index (κ3) is 5.22. The largest absolute Gasteiger partial charge is 0.456 e. The lowest BCUT2D eigenvalue weighted by Gasteiger charge is -2.26. The minimum absolute atomic E-state index is 0.0521. The predicted molar refractivity (Wildman–Crippen MR) is 250 cm³/mol. The molecule has 0 unspecified atom stereocenters. The summed E-state index contributed by atoms with van der Waals surface area (Å²) < 4.78 is 12.5. The summed E-state index contributed by atoms with van der Waals surface area (Å²) in [7, 11) is 0. The number of rotatable bonds is 6. The molecule has 0 spiro atoms. The van der Waals surface area contributed by atoms with Crippen molar-refractivity contribution in [2.75, 3.05) is 4.90 Å². The van der Waals surface area contributed by atoms with Crippen LogP contribution in [0.15, 0.2) is 209 Å². The maximum atomic E-state index is 6.25. The molecule has 0 saturated carbocycles. The minimum Gasteiger partial charge on any atom is -0.456 e. The molecule has 0 fully saturated rings. The zero-order valence-corrected chi connectivity index (χ0v) is 33.3. The van der Waals surface area contributed by atoms with Crippen LogP contribution in [0.4, 0.5) is 17.1 Å². The second-order valence-corrected chi connectivity index (χ2v) is 16.4. The zero-order valence-electron chi connectivity index (χ0n) is 33.3. The molecule has 0 atom stereocenters. The van der Waals surface area contributed by atoms with Gasteiger partial charge in [0.1, 0.15) is 22.3 Å². The smallest absolute Gasteiger partial charge is 0.136 e. The summed E-state index contributed by atoms with van der Waals surface area (Å²) in [5.74, 6) is 0. The Kier molecular flexibility index (Phi) is 7.58. The van der Waals surface area contributed by atoms with E-state index in [9.17, 15) is 0 Å². The Morgan fingerprint density at radius 3 is 1.25 bits per heavy atom. The first kappa shape index (κ1) is 34.4. The Morgan fingerprint density at radius 1 is 0.333 bits per heavy atom. The van der Waals surface area contributed by atoms with Gasteiger partial charge in [-0.1, -0.05) is 153 Å². The molecule has 60 heavy (non-hydrogen) atoms. The van der Waals surface area contributed by atoms with Gasteiger partial charge in [0, 0.05) is 44.0 Å². The fourth-order valence-electron chi connectivity index (χ4n) is 9.84. The Labute approximate surface area is 348 Å². The molecule has 9 aromatic carbocycles. The van der Waals surface area contributed by atoms with Crippen molar-refractivity contribution in [3.05, 3.63) is 211 Å². The molecule has 0 aliphatic heterocycles. The summed E-state index contributed by atoms with van der Waals surface area (Å²) in [5.41, 5.74) is 19.3. The monoisotopic (exact) mass is 769 g/mol. The fraction of sp³-hybridized carbons (Fsp3) is 0.0526. The number of furan rings is 2. The van der Waals surface area contributed by atoms with Crippen molar-refractivity contribution < 1.29 is 8.83 Å². The quantitative estimate of drug-likeness (QED) is 0.169. The highest BCUT2D eigenvalue weighted by Crippen LogP contribution is 2.52. The van der Waals surface area contributed by atoms with E-state index in [1.165, 1.54) is 33.4 Å². The van der Waals surface area contributed by atoms with Crippen molar-refractivity contribution in [3.8, 4) is 44.5 Å². The van der Waals surface area contributed by atoms with Crippen LogP contribution in [0.3, 0.4) is 0 Å². The van der Waals surface area contributed by atoms with Crippen LogP contribution in [-0.2, 0) is 5.41 Å². The van der Waals surface area contributed by atoms with Crippen molar-refractivity contribution in [3.63, 3.8) is 0 Å². The van der Waals surface area contributed by atoms with Gasteiger partial charge in [-0.3, -0.25) is 0 Å². The third-order valence-electron chi connectivity index (χ3n) is 12.7. The predicted octanol–water partition coefficient (Wildman–Crippen LogP) is 16.3. The topological polar surface area (TPSA) is 29.5 Å². The molecule has 2 heterocycles. The van der Waals surface area contributed by atoms with E-state index in [4.69, 9.17) is 8.83 Å². The van der Waals surface area contributed by atoms with Crippen LogP contribution >= 0.6 is 0 Å². The highest BCUT2D eigenvalue weighted by atomic mass is 16.3. The maximum absolute atomic E-state index is 6.25. The average Bonchev–Trinajstić information content (AvgIpc) is 3.95. The summed E-state index contributed by atoms with van der Waals surface area (Å²) in [6, 6.07) is 71.9. The van der Waals surface area contributed by atoms with Gasteiger partial charge in [0.25, 0.3) is 0 Å². The second kappa shape index (κ2) is 13.2. The van der Waals surface area contributed by atoms with Gasteiger partial charge in [-0.25, -0.2) is 0 Å². The van der Waals surface area contributed by atoms with Crippen LogP contribution in [-0.4, -0.2) is 0 Å². The van der Waals surface area contributed by atoms with E-state index >= 15 is 0 Å². The number of hydrogen-bond donors (Lipinski definition) is 0. The average molecular weight is 770 g/mol. The first-order valence-electron chi connectivity index (χ1n) is 20.7. The normalized spacial score (nSPS) is 13.0. The van der Waals surface area contributed by atoms with Crippen LogP contribution in [0.5, 0.6) is 0 Å². The molecule has 3 heteroatoms. The summed E-state index contributed by atoms with van der Waals surface area (Å²) >= 11 is 0. The van der Waals surface area contributed by atoms with Gasteiger partial charge in [0.15, 0.2) is 0 Å². The number of fused-ring (bicyclic) bond motifs is 9. The van der Waals surface area contributed by atoms with Crippen LogP contribution in [0.2, 0.25) is 0 Å². The van der Waals surface area contributed by atoms with Crippen molar-refractivity contribution in [1.82, 2.24) is 0 Å². The second-order valence-electron chi connectivity index (χ2n) is 16.4. The number of nitrogens with zero attached hydrogens (tertiary/aromatic N) is 1. The van der Waals surface area contributed by atoms with Gasteiger partial charge >= 0.3 is 0 Å². The molecule has 284 valence electrons. The van der Waals surface area contributed by atoms with Gasteiger partial charge in [-0.2, -0.15) is 0 Å². The summed E-state index contributed by atoms with van der Waals surface area (Å²) in [5, 5.41) is 4.54. The third-order valence-corrected chi connectivity index (χ3v) is 12.7. The molecule has 0 bridgehead atoms. The molecule has 0 amide bonds. The van der Waals surface area contributed by atoms with Crippen molar-refractivity contribution >= 4 is 60.9 Å². The highest BCUT2D eigenvalue weighted by molar-refractivity contribution is 6.13. The van der Waals surface area contributed by atoms with Gasteiger partial charge in [0.2, 0.25) is 0 Å². The van der Waals surface area contributed by atoms with E-state index in [1.807, 2.05) is 24.3 Å². The van der Waals surface area contributed by atoms with E-state index < -0.39 is 0 Å². The molecule has 3 nitrogen and oxygen atoms in total. The molecule has 12 rings (SSSR count).